The normalized spacial score (nSPS) is 9.85. The Morgan fingerprint density at radius 1 is 1.38 bits per heavy atom. The van der Waals surface area contributed by atoms with Crippen LogP contribution in [0.3, 0.4) is 0 Å². The summed E-state index contributed by atoms with van der Waals surface area (Å²) < 4.78 is 4.96. The third-order valence-electron chi connectivity index (χ3n) is 1.70. The van der Waals surface area contributed by atoms with Crippen LogP contribution in [0.5, 0.6) is 0 Å². The van der Waals surface area contributed by atoms with Gasteiger partial charge in [0.1, 0.15) is 6.26 Å². The number of hydrogen-bond acceptors (Lipinski definition) is 3. The highest BCUT2D eigenvalue weighted by molar-refractivity contribution is 5.74. The van der Waals surface area contributed by atoms with Gasteiger partial charge in [-0.05, 0) is 18.2 Å². The van der Waals surface area contributed by atoms with Crippen LogP contribution in [0.1, 0.15) is 10.6 Å². The summed E-state index contributed by atoms with van der Waals surface area (Å²) in [5, 5.41) is 0. The van der Waals surface area contributed by atoms with Crippen LogP contribution in [0.4, 0.5) is 0 Å². The molecule has 0 saturated heterocycles. The van der Waals surface area contributed by atoms with Crippen molar-refractivity contribution in [3.05, 3.63) is 42.5 Å². The van der Waals surface area contributed by atoms with Crippen molar-refractivity contribution >= 4 is 6.29 Å². The second kappa shape index (κ2) is 3.23. The van der Waals surface area contributed by atoms with Gasteiger partial charge in [0, 0.05) is 11.8 Å². The van der Waals surface area contributed by atoms with Crippen molar-refractivity contribution in [2.45, 2.75) is 0 Å². The minimum atomic E-state index is 0.320. The summed E-state index contributed by atoms with van der Waals surface area (Å²) in [6.07, 6.45) is 3.89. The zero-order chi connectivity index (χ0) is 9.10. The SMILES string of the molecule is O=Cc1cc(-c2ccccn2)co1. The number of pyridine rings is 1. The molecule has 64 valence electrons. The molecule has 3 nitrogen and oxygen atoms in total. The predicted octanol–water partition coefficient (Wildman–Crippen LogP) is 2.15. The number of carbonyl (C=O) groups excluding carboxylic acids is 1. The predicted molar refractivity (Wildman–Crippen MR) is 47.3 cm³/mol. The van der Waals surface area contributed by atoms with E-state index < -0.39 is 0 Å². The van der Waals surface area contributed by atoms with Gasteiger partial charge < -0.3 is 4.42 Å². The zero-order valence-corrected chi connectivity index (χ0v) is 6.81. The molecular formula is C10H7NO2. The molecule has 2 aromatic rings. The minimum Gasteiger partial charge on any atom is -0.461 e. The van der Waals surface area contributed by atoms with Crippen molar-refractivity contribution in [1.29, 1.82) is 0 Å². The molecule has 0 atom stereocenters. The first-order valence-electron chi connectivity index (χ1n) is 3.85. The Bertz CT molecular complexity index is 406. The van der Waals surface area contributed by atoms with Gasteiger partial charge in [-0.3, -0.25) is 9.78 Å². The summed E-state index contributed by atoms with van der Waals surface area (Å²) >= 11 is 0. The molecule has 3 heteroatoms. The molecule has 13 heavy (non-hydrogen) atoms. The maximum Gasteiger partial charge on any atom is 0.185 e. The smallest absolute Gasteiger partial charge is 0.185 e. The topological polar surface area (TPSA) is 43.1 Å². The average Bonchev–Trinajstić information content (AvgIpc) is 2.67. The highest BCUT2D eigenvalue weighted by Gasteiger charge is 2.02. The standard InChI is InChI=1S/C10H7NO2/c12-6-9-5-8(7-13-9)10-3-1-2-4-11-10/h1-7H. The Morgan fingerprint density at radius 2 is 2.31 bits per heavy atom. The monoisotopic (exact) mass is 173 g/mol. The van der Waals surface area contributed by atoms with E-state index in [1.54, 1.807) is 12.3 Å². The molecule has 2 aromatic heterocycles. The van der Waals surface area contributed by atoms with Gasteiger partial charge in [0.15, 0.2) is 12.0 Å². The number of carbonyl (C=O) groups is 1. The summed E-state index contributed by atoms with van der Waals surface area (Å²) in [4.78, 5) is 14.5. The van der Waals surface area contributed by atoms with Crippen LogP contribution in [0.2, 0.25) is 0 Å². The van der Waals surface area contributed by atoms with Gasteiger partial charge in [0.25, 0.3) is 0 Å². The first-order valence-corrected chi connectivity index (χ1v) is 3.85. The number of aromatic nitrogens is 1. The fraction of sp³-hybridized carbons (Fsp3) is 0. The number of nitrogens with zero attached hydrogens (tertiary/aromatic N) is 1. The maximum atomic E-state index is 10.3. The molecular weight excluding hydrogens is 166 g/mol. The highest BCUT2D eigenvalue weighted by atomic mass is 16.3. The van der Waals surface area contributed by atoms with E-state index in [1.165, 1.54) is 6.26 Å². The second-order valence-corrected chi connectivity index (χ2v) is 2.57. The van der Waals surface area contributed by atoms with E-state index in [2.05, 4.69) is 4.98 Å². The summed E-state index contributed by atoms with van der Waals surface area (Å²) in [7, 11) is 0. The zero-order valence-electron chi connectivity index (χ0n) is 6.81. The fourth-order valence-electron chi connectivity index (χ4n) is 1.08. The van der Waals surface area contributed by atoms with Gasteiger partial charge in [-0.1, -0.05) is 6.07 Å². The molecule has 0 bridgehead atoms. The molecule has 0 saturated carbocycles. The van der Waals surface area contributed by atoms with Crippen molar-refractivity contribution < 1.29 is 9.21 Å². The van der Waals surface area contributed by atoms with Crippen LogP contribution in [0, 0.1) is 0 Å². The van der Waals surface area contributed by atoms with E-state index in [1.807, 2.05) is 18.2 Å². The molecule has 0 aromatic carbocycles. The van der Waals surface area contributed by atoms with Crippen molar-refractivity contribution in [1.82, 2.24) is 4.98 Å². The van der Waals surface area contributed by atoms with Crippen LogP contribution in [0.15, 0.2) is 41.1 Å². The molecule has 0 radical (unpaired) electrons. The van der Waals surface area contributed by atoms with Gasteiger partial charge >= 0.3 is 0 Å². The molecule has 2 rings (SSSR count). The van der Waals surface area contributed by atoms with E-state index in [0.29, 0.717) is 12.0 Å². The first-order chi connectivity index (χ1) is 6.40. The number of aldehydes is 1. The van der Waals surface area contributed by atoms with Crippen LogP contribution < -0.4 is 0 Å². The van der Waals surface area contributed by atoms with E-state index in [4.69, 9.17) is 4.42 Å². The van der Waals surface area contributed by atoms with E-state index in [9.17, 15) is 4.79 Å². The summed E-state index contributed by atoms with van der Waals surface area (Å²) in [5.41, 5.74) is 1.63. The lowest BCUT2D eigenvalue weighted by atomic mass is 10.2. The van der Waals surface area contributed by atoms with Crippen LogP contribution >= 0.6 is 0 Å². The number of hydrogen-bond donors (Lipinski definition) is 0. The Kier molecular flexibility index (Phi) is 1.92. The quantitative estimate of drug-likeness (QED) is 0.653. The third kappa shape index (κ3) is 1.49. The van der Waals surface area contributed by atoms with Gasteiger partial charge in [0.05, 0.1) is 5.69 Å². The summed E-state index contributed by atoms with van der Waals surface area (Å²) in [5.74, 6) is 0.320. The van der Waals surface area contributed by atoms with Crippen molar-refractivity contribution in [2.24, 2.45) is 0 Å². The minimum absolute atomic E-state index is 0.320. The molecule has 0 aliphatic carbocycles. The lowest BCUT2D eigenvalue weighted by molar-refractivity contribution is 0.110. The van der Waals surface area contributed by atoms with E-state index >= 15 is 0 Å². The summed E-state index contributed by atoms with van der Waals surface area (Å²) in [6.45, 7) is 0. The summed E-state index contributed by atoms with van der Waals surface area (Å²) in [6, 6.07) is 7.24. The lowest BCUT2D eigenvalue weighted by Gasteiger charge is -1.91. The van der Waals surface area contributed by atoms with Gasteiger partial charge in [-0.25, -0.2) is 0 Å². The second-order valence-electron chi connectivity index (χ2n) is 2.57. The molecule has 0 unspecified atom stereocenters. The molecule has 0 fully saturated rings. The third-order valence-corrected chi connectivity index (χ3v) is 1.70. The molecule has 0 spiro atoms. The van der Waals surface area contributed by atoms with E-state index in [0.717, 1.165) is 11.3 Å². The van der Waals surface area contributed by atoms with Crippen LogP contribution in [0.25, 0.3) is 11.3 Å². The van der Waals surface area contributed by atoms with Crippen molar-refractivity contribution in [2.75, 3.05) is 0 Å². The van der Waals surface area contributed by atoms with E-state index in [-0.39, 0.29) is 0 Å². The van der Waals surface area contributed by atoms with Crippen LogP contribution in [-0.2, 0) is 0 Å². The maximum absolute atomic E-state index is 10.3. The van der Waals surface area contributed by atoms with Gasteiger partial charge in [-0.2, -0.15) is 0 Å². The van der Waals surface area contributed by atoms with Gasteiger partial charge in [0.2, 0.25) is 0 Å². The van der Waals surface area contributed by atoms with Crippen LogP contribution in [-0.4, -0.2) is 11.3 Å². The molecule has 0 N–H and O–H groups in total. The average molecular weight is 173 g/mol. The molecule has 0 amide bonds. The highest BCUT2D eigenvalue weighted by Crippen LogP contribution is 2.18. The Morgan fingerprint density at radius 3 is 2.92 bits per heavy atom. The Labute approximate surface area is 75.0 Å². The van der Waals surface area contributed by atoms with Gasteiger partial charge in [-0.15, -0.1) is 0 Å². The lowest BCUT2D eigenvalue weighted by Crippen LogP contribution is -1.77. The first kappa shape index (κ1) is 7.73. The largest absolute Gasteiger partial charge is 0.461 e. The molecule has 0 aliphatic heterocycles. The van der Waals surface area contributed by atoms with Crippen molar-refractivity contribution in [3.63, 3.8) is 0 Å². The molecule has 0 aliphatic rings. The fourth-order valence-corrected chi connectivity index (χ4v) is 1.08. The number of rotatable bonds is 2. The number of furan rings is 1. The molecule has 2 heterocycles. The van der Waals surface area contributed by atoms with Crippen molar-refractivity contribution in [3.8, 4) is 11.3 Å². The Hall–Kier alpha value is -1.90. The Balaban J connectivity index is 2.41.